The minimum absolute atomic E-state index is 0.266. The van der Waals surface area contributed by atoms with Crippen molar-refractivity contribution in [3.8, 4) is 0 Å². The minimum Gasteiger partial charge on any atom is -0.356 e. The summed E-state index contributed by atoms with van der Waals surface area (Å²) in [6, 6.07) is 0. The van der Waals surface area contributed by atoms with Crippen LogP contribution in [0.25, 0.3) is 0 Å². The Morgan fingerprint density at radius 3 is 2.58 bits per heavy atom. The first-order valence-electron chi connectivity index (χ1n) is 8.32. The van der Waals surface area contributed by atoms with E-state index in [0.717, 1.165) is 44.2 Å². The highest BCUT2D eigenvalue weighted by Crippen LogP contribution is 2.28. The monoisotopic (exact) mass is 266 g/mol. The van der Waals surface area contributed by atoms with Crippen LogP contribution in [0, 0.1) is 11.8 Å². The topological polar surface area (TPSA) is 41.1 Å². The van der Waals surface area contributed by atoms with Gasteiger partial charge in [-0.05, 0) is 57.0 Å². The molecule has 1 unspecified atom stereocenters. The molecule has 0 spiro atoms. The number of piperidine rings is 1. The molecule has 0 bridgehead atoms. The van der Waals surface area contributed by atoms with Gasteiger partial charge in [-0.2, -0.15) is 0 Å². The second kappa shape index (κ2) is 8.57. The van der Waals surface area contributed by atoms with Crippen molar-refractivity contribution >= 4 is 5.91 Å². The van der Waals surface area contributed by atoms with Crippen LogP contribution in [0.2, 0.25) is 0 Å². The van der Waals surface area contributed by atoms with E-state index in [2.05, 4.69) is 10.6 Å². The van der Waals surface area contributed by atoms with Crippen molar-refractivity contribution in [3.63, 3.8) is 0 Å². The summed E-state index contributed by atoms with van der Waals surface area (Å²) in [7, 11) is 0. The van der Waals surface area contributed by atoms with E-state index < -0.39 is 0 Å². The van der Waals surface area contributed by atoms with E-state index in [1.165, 1.54) is 51.5 Å². The molecule has 3 heteroatoms. The molecule has 2 N–H and O–H groups in total. The van der Waals surface area contributed by atoms with E-state index >= 15 is 0 Å². The fourth-order valence-corrected chi connectivity index (χ4v) is 3.52. The summed E-state index contributed by atoms with van der Waals surface area (Å²) < 4.78 is 0. The molecule has 1 amide bonds. The second-order valence-corrected chi connectivity index (χ2v) is 6.39. The first-order chi connectivity index (χ1) is 9.34. The average molecular weight is 266 g/mol. The lowest BCUT2D eigenvalue weighted by Gasteiger charge is -2.22. The first kappa shape index (κ1) is 14.8. The molecule has 0 aromatic heterocycles. The number of nitrogens with one attached hydrogen (secondary N) is 2. The van der Waals surface area contributed by atoms with Gasteiger partial charge in [0.2, 0.25) is 5.91 Å². The Hall–Kier alpha value is -0.570. The lowest BCUT2D eigenvalue weighted by atomic mass is 9.96. The molecule has 0 radical (unpaired) electrons. The molecule has 0 aromatic rings. The summed E-state index contributed by atoms with van der Waals surface area (Å²) in [5, 5.41) is 6.51. The molecule has 3 nitrogen and oxygen atoms in total. The Kier molecular flexibility index (Phi) is 6.69. The van der Waals surface area contributed by atoms with Crippen LogP contribution in [0.3, 0.4) is 0 Å². The fourth-order valence-electron chi connectivity index (χ4n) is 3.52. The van der Waals surface area contributed by atoms with Crippen molar-refractivity contribution in [2.75, 3.05) is 19.6 Å². The van der Waals surface area contributed by atoms with Gasteiger partial charge in [-0.1, -0.05) is 25.7 Å². The van der Waals surface area contributed by atoms with Crippen LogP contribution >= 0.6 is 0 Å². The maximum atomic E-state index is 11.7. The van der Waals surface area contributed by atoms with E-state index in [-0.39, 0.29) is 5.91 Å². The summed E-state index contributed by atoms with van der Waals surface area (Å²) >= 11 is 0. The van der Waals surface area contributed by atoms with Crippen LogP contribution in [0.1, 0.15) is 64.2 Å². The summed E-state index contributed by atoms with van der Waals surface area (Å²) in [5.74, 6) is 1.95. The van der Waals surface area contributed by atoms with Crippen molar-refractivity contribution in [3.05, 3.63) is 0 Å². The van der Waals surface area contributed by atoms with Gasteiger partial charge in [0.05, 0.1) is 0 Å². The molecule has 2 fully saturated rings. The normalized spacial score (nSPS) is 24.5. The minimum atomic E-state index is 0.266. The molecule has 1 aliphatic heterocycles. The lowest BCUT2D eigenvalue weighted by Crippen LogP contribution is -2.33. The van der Waals surface area contributed by atoms with Gasteiger partial charge in [0.15, 0.2) is 0 Å². The number of hydrogen-bond acceptors (Lipinski definition) is 2. The Balaban J connectivity index is 1.44. The van der Waals surface area contributed by atoms with Crippen LogP contribution in [0.5, 0.6) is 0 Å². The molecule has 1 saturated heterocycles. The van der Waals surface area contributed by atoms with Gasteiger partial charge in [-0.15, -0.1) is 0 Å². The standard InChI is InChI=1S/C16H30N2O/c19-16(9-3-7-14-5-1-2-6-14)18-12-10-15-8-4-11-17-13-15/h14-15,17H,1-13H2,(H,18,19). The zero-order valence-electron chi connectivity index (χ0n) is 12.3. The summed E-state index contributed by atoms with van der Waals surface area (Å²) in [5.41, 5.74) is 0. The van der Waals surface area contributed by atoms with Crippen molar-refractivity contribution in [1.29, 1.82) is 0 Å². The molecule has 0 aromatic carbocycles. The van der Waals surface area contributed by atoms with Gasteiger partial charge in [0.1, 0.15) is 0 Å². The van der Waals surface area contributed by atoms with Gasteiger partial charge in [-0.25, -0.2) is 0 Å². The third-order valence-electron chi connectivity index (χ3n) is 4.76. The molecule has 2 aliphatic rings. The number of amides is 1. The summed E-state index contributed by atoms with van der Waals surface area (Å²) in [4.78, 5) is 11.7. The highest BCUT2D eigenvalue weighted by atomic mass is 16.1. The first-order valence-corrected chi connectivity index (χ1v) is 8.32. The molecule has 110 valence electrons. The zero-order valence-corrected chi connectivity index (χ0v) is 12.3. The Bertz CT molecular complexity index is 255. The number of carbonyl (C=O) groups is 1. The fraction of sp³-hybridized carbons (Fsp3) is 0.938. The van der Waals surface area contributed by atoms with E-state index in [1.54, 1.807) is 0 Å². The summed E-state index contributed by atoms with van der Waals surface area (Å²) in [6.45, 7) is 3.18. The number of hydrogen-bond donors (Lipinski definition) is 2. The van der Waals surface area contributed by atoms with Gasteiger partial charge < -0.3 is 10.6 Å². The van der Waals surface area contributed by atoms with Gasteiger partial charge in [0.25, 0.3) is 0 Å². The Labute approximate surface area is 117 Å². The highest BCUT2D eigenvalue weighted by Gasteiger charge is 2.15. The van der Waals surface area contributed by atoms with Crippen molar-refractivity contribution < 1.29 is 4.79 Å². The van der Waals surface area contributed by atoms with Crippen LogP contribution in [0.4, 0.5) is 0 Å². The molecule has 2 rings (SSSR count). The molecular weight excluding hydrogens is 236 g/mol. The SMILES string of the molecule is O=C(CCCC1CCCC1)NCCC1CCCNC1. The van der Waals surface area contributed by atoms with Crippen molar-refractivity contribution in [1.82, 2.24) is 10.6 Å². The summed E-state index contributed by atoms with van der Waals surface area (Å²) in [6.07, 6.45) is 12.5. The average Bonchev–Trinajstić information content (AvgIpc) is 2.93. The molecule has 1 aliphatic carbocycles. The van der Waals surface area contributed by atoms with Gasteiger partial charge >= 0.3 is 0 Å². The molecule has 1 saturated carbocycles. The third kappa shape index (κ3) is 5.94. The quantitative estimate of drug-likeness (QED) is 0.744. The van der Waals surface area contributed by atoms with Gasteiger partial charge in [-0.3, -0.25) is 4.79 Å². The van der Waals surface area contributed by atoms with Crippen LogP contribution in [-0.4, -0.2) is 25.5 Å². The van der Waals surface area contributed by atoms with Crippen molar-refractivity contribution in [2.45, 2.75) is 64.2 Å². The molecule has 1 heterocycles. The van der Waals surface area contributed by atoms with E-state index in [4.69, 9.17) is 0 Å². The predicted molar refractivity (Wildman–Crippen MR) is 79.0 cm³/mol. The smallest absolute Gasteiger partial charge is 0.219 e. The van der Waals surface area contributed by atoms with E-state index in [9.17, 15) is 4.79 Å². The largest absolute Gasteiger partial charge is 0.356 e. The van der Waals surface area contributed by atoms with E-state index in [1.807, 2.05) is 0 Å². The maximum Gasteiger partial charge on any atom is 0.219 e. The lowest BCUT2D eigenvalue weighted by molar-refractivity contribution is -0.121. The Morgan fingerprint density at radius 1 is 1.05 bits per heavy atom. The third-order valence-corrected chi connectivity index (χ3v) is 4.76. The van der Waals surface area contributed by atoms with E-state index in [0.29, 0.717) is 0 Å². The molecule has 1 atom stereocenters. The van der Waals surface area contributed by atoms with Gasteiger partial charge in [0, 0.05) is 13.0 Å². The van der Waals surface area contributed by atoms with Crippen LogP contribution in [-0.2, 0) is 4.79 Å². The number of rotatable bonds is 7. The predicted octanol–water partition coefficient (Wildman–Crippen LogP) is 2.85. The molecular formula is C16H30N2O. The second-order valence-electron chi connectivity index (χ2n) is 6.39. The zero-order chi connectivity index (χ0) is 13.3. The van der Waals surface area contributed by atoms with Crippen LogP contribution in [0.15, 0.2) is 0 Å². The highest BCUT2D eigenvalue weighted by molar-refractivity contribution is 5.75. The Morgan fingerprint density at radius 2 is 1.84 bits per heavy atom. The van der Waals surface area contributed by atoms with Crippen molar-refractivity contribution in [2.24, 2.45) is 11.8 Å². The van der Waals surface area contributed by atoms with Crippen LogP contribution < -0.4 is 10.6 Å². The number of carbonyl (C=O) groups excluding carboxylic acids is 1. The maximum absolute atomic E-state index is 11.7. The molecule has 19 heavy (non-hydrogen) atoms.